The van der Waals surface area contributed by atoms with Crippen LogP contribution in [-0.4, -0.2) is 37.2 Å². The van der Waals surface area contributed by atoms with Crippen molar-refractivity contribution in [2.45, 2.75) is 70.6 Å². The predicted molar refractivity (Wildman–Crippen MR) is 139 cm³/mol. The number of nitrogens with zero attached hydrogens (tertiary/aromatic N) is 1. The van der Waals surface area contributed by atoms with E-state index < -0.39 is 0 Å². The van der Waals surface area contributed by atoms with E-state index in [1.807, 2.05) is 54.6 Å². The summed E-state index contributed by atoms with van der Waals surface area (Å²) in [5.41, 5.74) is 2.86. The molecule has 0 atom stereocenters. The van der Waals surface area contributed by atoms with Crippen LogP contribution in [0.25, 0.3) is 11.1 Å². The fourth-order valence-electron chi connectivity index (χ4n) is 4.17. The fraction of sp³-hybridized carbons (Fsp3) is 0.483. The number of amides is 1. The van der Waals surface area contributed by atoms with Crippen LogP contribution in [0.5, 0.6) is 0 Å². The van der Waals surface area contributed by atoms with Gasteiger partial charge in [-0.15, -0.1) is 11.8 Å². The summed E-state index contributed by atoms with van der Waals surface area (Å²) >= 11 is 0. The van der Waals surface area contributed by atoms with Gasteiger partial charge in [-0.1, -0.05) is 92.6 Å². The molecule has 3 rings (SSSR count). The van der Waals surface area contributed by atoms with Crippen molar-refractivity contribution in [1.82, 2.24) is 4.90 Å². The van der Waals surface area contributed by atoms with Gasteiger partial charge in [-0.05, 0) is 38.0 Å². The third-order valence-corrected chi connectivity index (χ3v) is 6.04. The molecule has 1 amide bonds. The number of para-hydroxylation sites is 1. The molecular formula is C29H40N2O2W. The normalized spacial score (nSPS) is 13.2. The molecule has 0 unspecified atom stereocenters. The molecule has 2 aromatic rings. The molecule has 5 heteroatoms. The van der Waals surface area contributed by atoms with Crippen molar-refractivity contribution in [3.63, 3.8) is 0 Å². The molecule has 1 saturated heterocycles. The monoisotopic (exact) mass is 632 g/mol. The number of piperidine rings is 1. The van der Waals surface area contributed by atoms with Crippen molar-refractivity contribution in [3.8, 4) is 11.1 Å². The van der Waals surface area contributed by atoms with Crippen LogP contribution in [0.15, 0.2) is 54.6 Å². The second kappa shape index (κ2) is 20.6. The quantitative estimate of drug-likeness (QED) is 0.108. The molecule has 1 fully saturated rings. The number of carbonyl (C=O) groups is 1. The molecule has 2 aromatic carbocycles. The molecule has 184 valence electrons. The summed E-state index contributed by atoms with van der Waals surface area (Å²) in [7, 11) is 0. The maximum atomic E-state index is 10.3. The zero-order chi connectivity index (χ0) is 23.4. The van der Waals surface area contributed by atoms with Gasteiger partial charge in [0.1, 0.15) is 6.29 Å². The number of likely N-dealkylation sites (tertiary alicyclic amines) is 1. The largest absolute Gasteiger partial charge is 2.00 e. The Kier molecular flexibility index (Phi) is 18.3. The number of benzene rings is 2. The Morgan fingerprint density at radius 3 is 2.06 bits per heavy atom. The van der Waals surface area contributed by atoms with Crippen LogP contribution in [0.3, 0.4) is 0 Å². The van der Waals surface area contributed by atoms with Gasteiger partial charge < -0.3 is 26.2 Å². The first-order chi connectivity index (χ1) is 16.3. The number of aldehydes is 1. The molecule has 1 aliphatic heterocycles. The molecule has 1 aliphatic rings. The molecule has 0 spiro atoms. The van der Waals surface area contributed by atoms with Crippen LogP contribution in [0.2, 0.25) is 0 Å². The minimum absolute atomic E-state index is 0. The van der Waals surface area contributed by atoms with E-state index in [4.69, 9.17) is 0 Å². The summed E-state index contributed by atoms with van der Waals surface area (Å²) in [6.07, 6.45) is 19.1. The Labute approximate surface area is 221 Å². The smallest absolute Gasteiger partial charge is 0.490 e. The molecule has 4 nitrogen and oxygen atoms in total. The first-order valence-electron chi connectivity index (χ1n) is 12.6. The van der Waals surface area contributed by atoms with E-state index >= 15 is 0 Å². The molecule has 0 radical (unpaired) electrons. The topological polar surface area (TPSA) is 49.4 Å². The summed E-state index contributed by atoms with van der Waals surface area (Å²) in [6, 6.07) is 17.6. The number of unbranched alkanes of at least 4 members (excludes halogenated alkanes) is 8. The number of carbonyl (C=O) groups excluding carboxylic acids is 2. The van der Waals surface area contributed by atoms with Crippen molar-refractivity contribution in [3.05, 3.63) is 61.0 Å². The molecule has 1 N–H and O–H groups in total. The zero-order valence-corrected chi connectivity index (χ0v) is 23.4. The van der Waals surface area contributed by atoms with E-state index in [-0.39, 0.29) is 21.1 Å². The van der Waals surface area contributed by atoms with Crippen LogP contribution < -0.4 is 5.32 Å². The zero-order valence-electron chi connectivity index (χ0n) is 20.4. The Balaban J connectivity index is 0.000000334. The average molecular weight is 632 g/mol. The summed E-state index contributed by atoms with van der Waals surface area (Å²) in [5.74, 6) is 0. The van der Waals surface area contributed by atoms with E-state index in [2.05, 4.69) is 16.6 Å². The summed E-state index contributed by atoms with van der Waals surface area (Å²) in [6.45, 7) is 3.89. The Hall–Kier alpha value is -1.77. The third kappa shape index (κ3) is 13.2. The van der Waals surface area contributed by atoms with Gasteiger partial charge in [0.2, 0.25) is 0 Å². The molecule has 1 heterocycles. The predicted octanol–water partition coefficient (Wildman–Crippen LogP) is 6.83. The van der Waals surface area contributed by atoms with Gasteiger partial charge in [0.25, 0.3) is 0 Å². The number of anilines is 1. The minimum atomic E-state index is 0. The van der Waals surface area contributed by atoms with Crippen LogP contribution in [0, 0.1) is 6.42 Å². The molecule has 0 aromatic heterocycles. The van der Waals surface area contributed by atoms with Crippen molar-refractivity contribution in [2.75, 3.05) is 25.0 Å². The fourth-order valence-corrected chi connectivity index (χ4v) is 4.17. The van der Waals surface area contributed by atoms with Gasteiger partial charge in [0, 0.05) is 6.42 Å². The van der Waals surface area contributed by atoms with Gasteiger partial charge in [-0.3, -0.25) is 0 Å². The van der Waals surface area contributed by atoms with Gasteiger partial charge >= 0.3 is 21.1 Å². The summed E-state index contributed by atoms with van der Waals surface area (Å²) < 4.78 is 0. The van der Waals surface area contributed by atoms with Crippen LogP contribution in [0.4, 0.5) is 5.69 Å². The first-order valence-corrected chi connectivity index (χ1v) is 12.6. The number of hydrogen-bond donors (Lipinski definition) is 1. The van der Waals surface area contributed by atoms with Crippen molar-refractivity contribution < 1.29 is 30.7 Å². The number of nitrogens with one attached hydrogen (secondary N) is 1. The van der Waals surface area contributed by atoms with E-state index in [1.54, 1.807) is 6.41 Å². The van der Waals surface area contributed by atoms with Crippen molar-refractivity contribution in [1.29, 1.82) is 0 Å². The van der Waals surface area contributed by atoms with Crippen molar-refractivity contribution in [2.24, 2.45) is 0 Å². The maximum Gasteiger partial charge on any atom is 2.00 e. The van der Waals surface area contributed by atoms with Gasteiger partial charge in [0.15, 0.2) is 0 Å². The summed E-state index contributed by atoms with van der Waals surface area (Å²) in [5, 5.41) is 2.57. The van der Waals surface area contributed by atoms with Crippen molar-refractivity contribution >= 4 is 18.4 Å². The van der Waals surface area contributed by atoms with E-state index in [0.717, 1.165) is 35.9 Å². The molecule has 0 aliphatic carbocycles. The van der Waals surface area contributed by atoms with Crippen LogP contribution >= 0.6 is 0 Å². The van der Waals surface area contributed by atoms with Gasteiger partial charge in [-0.2, -0.15) is 12.8 Å². The van der Waals surface area contributed by atoms with E-state index in [1.165, 1.54) is 77.4 Å². The van der Waals surface area contributed by atoms with E-state index in [9.17, 15) is 9.59 Å². The standard InChI is InChI=1S/C16H30NO.C13H10NO.W/c18-16-12-7-5-3-1-2-4-6-9-13-17-14-10-8-11-15-17;15-10-14-13-9-5-4-8-12(13)11-6-2-1-3-7-11;/h8,16H,1-7,9-15H2;1-9H,(H,14,15);/q2*-1;+2. The maximum absolute atomic E-state index is 10.3. The van der Waals surface area contributed by atoms with Crippen LogP contribution in [0.1, 0.15) is 70.6 Å². The Morgan fingerprint density at radius 2 is 1.41 bits per heavy atom. The minimum Gasteiger partial charge on any atom is -0.490 e. The second-order valence-electron chi connectivity index (χ2n) is 8.63. The SMILES string of the molecule is O=CCCCCCCCCCCN1CC[CH-]CC1.O=[C-]Nc1ccccc1-c1ccccc1.[W+2]. The average Bonchev–Trinajstić information content (AvgIpc) is 2.87. The summed E-state index contributed by atoms with van der Waals surface area (Å²) in [4.78, 5) is 23.1. The van der Waals surface area contributed by atoms with E-state index in [0.29, 0.717) is 0 Å². The van der Waals surface area contributed by atoms with Crippen LogP contribution in [-0.2, 0) is 30.7 Å². The second-order valence-corrected chi connectivity index (χ2v) is 8.63. The number of rotatable bonds is 14. The molecule has 0 bridgehead atoms. The first kappa shape index (κ1) is 30.3. The molecule has 0 saturated carbocycles. The Bertz CT molecular complexity index is 764. The Morgan fingerprint density at radius 1 is 0.824 bits per heavy atom. The molecular weight excluding hydrogens is 592 g/mol. The third-order valence-electron chi connectivity index (χ3n) is 6.04. The van der Waals surface area contributed by atoms with Gasteiger partial charge in [-0.25, -0.2) is 0 Å². The number of hydrogen-bond acceptors (Lipinski definition) is 3. The van der Waals surface area contributed by atoms with Gasteiger partial charge in [0.05, 0.1) is 6.41 Å². The molecule has 34 heavy (non-hydrogen) atoms.